The molecule has 15 aromatic rings. The van der Waals surface area contributed by atoms with Crippen LogP contribution < -0.4 is 32.5 Å². The second kappa shape index (κ2) is 32.9. The Morgan fingerprint density at radius 2 is 0.907 bits per heavy atom. The molecule has 0 bridgehead atoms. The number of aryl methyl sites for hydroxylation is 6. The molecular formula is C85H76N20O3. The second-order valence-electron chi connectivity index (χ2n) is 23.5. The Kier molecular flexibility index (Phi) is 13.1. The maximum atomic E-state index is 13.6. The summed E-state index contributed by atoms with van der Waals surface area (Å²) in [6, 6.07) is 8.07. The van der Waals surface area contributed by atoms with Crippen molar-refractivity contribution >= 4 is 57.8 Å². The van der Waals surface area contributed by atoms with E-state index in [0.717, 1.165) is 39.3 Å². The summed E-state index contributed by atoms with van der Waals surface area (Å²) in [5, 5.41) is 10.8. The van der Waals surface area contributed by atoms with Crippen molar-refractivity contribution in [3.63, 3.8) is 0 Å². The highest BCUT2D eigenvalue weighted by Crippen LogP contribution is 2.29. The number of nitrogens with one attached hydrogen (secondary N) is 6. The molecule has 15 rings (SSSR count). The SMILES string of the molecule is [2H]c1nc(=Nc2c([2H])c(C(=O)Nc3cc(C)cc(-n4ccc(C)c4)c3)c([2H])c([2H])c2C([2H])([2H])[2H])[nH]c(-c2c([2H])nc([2H])c([2H])c2[2H])c1[2H].[2H]c1nc(=Nc2c([2H])c(C(=O)Nc3cc(C)cc(-n4cnc(C)c4)c3)c([2H])c([2H])c2C([2H])([2H])[2H])[nH]c(-c2c([2H])nc([2H])c([2H])c2[2H])c1[2H].[2H]c1nc([2H])c(-c2ccnc(Nc3c([2H])c(C(=O)Nc4cc(C)cc(-n5cnc(C)c5)c4)c([2H])c([2H])c3C)n2)c([2H])c1[2H]. The highest BCUT2D eigenvalue weighted by Gasteiger charge is 2.16. The van der Waals surface area contributed by atoms with Crippen molar-refractivity contribution in [3.8, 4) is 50.8 Å². The molecule has 534 valence electrons. The number of anilines is 5. The molecule has 23 heteroatoms. The van der Waals surface area contributed by atoms with Gasteiger partial charge in [0.25, 0.3) is 17.7 Å². The fourth-order valence-electron chi connectivity index (χ4n) is 10.1. The fraction of sp³-hybridized carbons (Fsp3) is 0.106. The molecule has 6 N–H and O–H groups in total. The van der Waals surface area contributed by atoms with Crippen LogP contribution in [0.4, 0.5) is 40.1 Å². The maximum absolute atomic E-state index is 13.6. The van der Waals surface area contributed by atoms with E-state index in [1.54, 1.807) is 73.7 Å². The summed E-state index contributed by atoms with van der Waals surface area (Å²) in [6.45, 7) is 6.38. The van der Waals surface area contributed by atoms with E-state index in [1.807, 2.05) is 79.7 Å². The van der Waals surface area contributed by atoms with E-state index >= 15 is 0 Å². The van der Waals surface area contributed by atoms with Crippen molar-refractivity contribution in [2.75, 3.05) is 21.3 Å². The van der Waals surface area contributed by atoms with E-state index in [4.69, 9.17) is 42.5 Å². The topological polar surface area (TPSA) is 286 Å². The van der Waals surface area contributed by atoms with Gasteiger partial charge in [0.05, 0.1) is 86.8 Å². The zero-order valence-electron chi connectivity index (χ0n) is 88.9. The minimum absolute atomic E-state index is 0.0279. The first-order chi connectivity index (χ1) is 65.1. The monoisotopic (exact) mass is 1460 g/mol. The van der Waals surface area contributed by atoms with Crippen molar-refractivity contribution < 1.29 is 56.9 Å². The summed E-state index contributed by atoms with van der Waals surface area (Å²) in [5.41, 5.74) is 0.619. The molecule has 9 heterocycles. The van der Waals surface area contributed by atoms with Gasteiger partial charge in [0.2, 0.25) is 17.2 Å². The smallest absolute Gasteiger partial charge is 0.255 e. The average Bonchev–Trinajstić information content (AvgIpc) is 1.42. The van der Waals surface area contributed by atoms with Gasteiger partial charge in [-0.05, 0) is 252 Å². The molecule has 0 spiro atoms. The standard InChI is InChI=1S/C29H26N6O.2C28H25N7O/c1-19-9-12-35(18-19)25-14-20(2)13-24(16-25)32-28(36)22-7-6-21(3)27(15-22)34-29-31-11-8-26(33-29)23-5-4-10-30-17-23;2*1-18-11-23(14-24(12-18)35-16-20(3)31-17-35)32-27(36)21-7-6-19(2)26(13-21)34-28-30-10-8-25(33-28)22-5-4-9-29-15-22/h4-18H,1-3H3,(H,32,36)(H,31,33,34);2*4-17H,1-3H3,(H,32,36)(H,30,33,34)/i3D3,4D,5D,6D,7D,8D,10D,11D,15D,17D;2D3,4D,5D,6D,7D,8D,9D,10D,13D,15D;4D,5D,6D,7D,9D,13D,15D. The number of aromatic amines is 2. The third-order valence-corrected chi connectivity index (χ3v) is 15.0. The van der Waals surface area contributed by atoms with Crippen LogP contribution in [-0.4, -0.2) is 86.2 Å². The quantitative estimate of drug-likeness (QED) is 0.0525. The van der Waals surface area contributed by atoms with Crippen molar-refractivity contribution in [2.45, 2.75) is 62.2 Å². The van der Waals surface area contributed by atoms with Crippen LogP contribution in [0.1, 0.15) is 124 Å². The molecule has 0 aliphatic heterocycles. The number of hydrogen-bond acceptors (Lipinski definition) is 15. The summed E-state index contributed by atoms with van der Waals surface area (Å²) < 4.78 is 260. The highest BCUT2D eigenvalue weighted by molar-refractivity contribution is 6.06. The van der Waals surface area contributed by atoms with Crippen molar-refractivity contribution in [2.24, 2.45) is 9.98 Å². The maximum Gasteiger partial charge on any atom is 0.255 e. The number of carbonyl (C=O) groups is 3. The van der Waals surface area contributed by atoms with Gasteiger partial charge in [0, 0.05) is 162 Å². The number of imidazole rings is 2. The molecule has 0 fully saturated rings. The number of carbonyl (C=O) groups excluding carboxylic acids is 3. The molecular weight excluding hydrogens is 1350 g/mol. The molecule has 0 unspecified atom stereocenters. The molecule has 3 amide bonds. The lowest BCUT2D eigenvalue weighted by molar-refractivity contribution is 0.101. The lowest BCUT2D eigenvalue weighted by atomic mass is 10.1. The number of nitrogens with zero attached hydrogens (tertiary/aromatic N) is 14. The van der Waals surface area contributed by atoms with Crippen LogP contribution in [-0.2, 0) is 0 Å². The summed E-state index contributed by atoms with van der Waals surface area (Å²) >= 11 is 0. The summed E-state index contributed by atoms with van der Waals surface area (Å²) in [7, 11) is 0. The van der Waals surface area contributed by atoms with Gasteiger partial charge >= 0.3 is 0 Å². The molecule has 108 heavy (non-hydrogen) atoms. The molecule has 6 aromatic carbocycles. The van der Waals surface area contributed by atoms with Crippen molar-refractivity contribution in [3.05, 3.63) is 341 Å². The van der Waals surface area contributed by atoms with Crippen LogP contribution in [0.15, 0.2) is 272 Å². The fourth-order valence-corrected chi connectivity index (χ4v) is 10.1. The predicted molar refractivity (Wildman–Crippen MR) is 421 cm³/mol. The van der Waals surface area contributed by atoms with Gasteiger partial charge in [-0.25, -0.2) is 39.9 Å². The van der Waals surface area contributed by atoms with Crippen LogP contribution in [0.25, 0.3) is 50.8 Å². The largest absolute Gasteiger partial charge is 0.324 e. The first-order valence-corrected chi connectivity index (χ1v) is 32.2. The summed E-state index contributed by atoms with van der Waals surface area (Å²) in [5.74, 6) is -2.82. The van der Waals surface area contributed by atoms with E-state index in [1.165, 1.54) is 19.2 Å². The molecule has 0 atom stereocenters. The number of H-pyrrole nitrogens is 2. The van der Waals surface area contributed by atoms with E-state index < -0.39 is 233 Å². The number of amides is 3. The van der Waals surface area contributed by atoms with Gasteiger partial charge in [-0.1, -0.05) is 18.1 Å². The number of benzene rings is 6. The van der Waals surface area contributed by atoms with E-state index in [2.05, 4.69) is 86.1 Å². The minimum Gasteiger partial charge on any atom is -0.324 e. The number of pyridine rings is 3. The van der Waals surface area contributed by atoms with Crippen LogP contribution in [0.5, 0.6) is 0 Å². The van der Waals surface area contributed by atoms with Crippen molar-refractivity contribution in [1.29, 1.82) is 0 Å². The van der Waals surface area contributed by atoms with Gasteiger partial charge in [-0.3, -0.25) is 29.3 Å². The molecule has 0 saturated heterocycles. The van der Waals surface area contributed by atoms with Gasteiger partial charge in [0.15, 0.2) is 0 Å². The van der Waals surface area contributed by atoms with Gasteiger partial charge < -0.3 is 44.9 Å². The van der Waals surface area contributed by atoms with E-state index in [0.29, 0.717) is 22.7 Å². The normalized spacial score (nSPS) is 15.5. The number of hydrogen-bond donors (Lipinski definition) is 6. The van der Waals surface area contributed by atoms with Crippen LogP contribution in [0.3, 0.4) is 0 Å². The van der Waals surface area contributed by atoms with E-state index in [-0.39, 0.29) is 57.8 Å². The van der Waals surface area contributed by atoms with Crippen molar-refractivity contribution in [1.82, 2.24) is 68.5 Å². The summed E-state index contributed by atoms with van der Waals surface area (Å²) in [6.07, 6.45) is 6.86. The molecule has 9 aromatic heterocycles. The first-order valence-electron chi connectivity index (χ1n) is 47.7. The Morgan fingerprint density at radius 1 is 0.454 bits per heavy atom. The second-order valence-corrected chi connectivity index (χ2v) is 23.5. The Balaban J connectivity index is 0.000000176. The predicted octanol–water partition coefficient (Wildman–Crippen LogP) is 16.4. The first kappa shape index (κ1) is 43.0. The van der Waals surface area contributed by atoms with E-state index in [9.17, 15) is 14.4 Å². The van der Waals surface area contributed by atoms with Crippen LogP contribution >= 0.6 is 0 Å². The van der Waals surface area contributed by atoms with Gasteiger partial charge in [-0.2, -0.15) is 0 Å². The van der Waals surface area contributed by atoms with Crippen LogP contribution in [0, 0.1) is 62.2 Å². The number of rotatable bonds is 16. The molecule has 0 radical (unpaired) electrons. The molecule has 0 aliphatic carbocycles. The summed E-state index contributed by atoms with van der Waals surface area (Å²) in [4.78, 5) is 89.3. The Bertz CT molecular complexity index is 7450. The Morgan fingerprint density at radius 3 is 1.36 bits per heavy atom. The number of aromatic nitrogens is 14. The lowest BCUT2D eigenvalue weighted by Crippen LogP contribution is -2.14. The Labute approximate surface area is 666 Å². The molecule has 23 nitrogen and oxygen atoms in total. The zero-order valence-corrected chi connectivity index (χ0v) is 57.9. The lowest BCUT2D eigenvalue weighted by Gasteiger charge is -2.13. The van der Waals surface area contributed by atoms with Gasteiger partial charge in [0.1, 0.15) is 0 Å². The Hall–Kier alpha value is -14.5. The highest BCUT2D eigenvalue weighted by atomic mass is 16.2. The van der Waals surface area contributed by atoms with Crippen LogP contribution in [0.2, 0.25) is 0 Å². The average molecular weight is 1460 g/mol. The zero-order chi connectivity index (χ0) is 102. The third-order valence-electron chi connectivity index (χ3n) is 15.0. The molecule has 0 aliphatic rings. The third kappa shape index (κ3) is 18.5. The minimum atomic E-state index is -3.11. The van der Waals surface area contributed by atoms with Gasteiger partial charge in [-0.15, -0.1) is 0 Å². The molecule has 0 saturated carbocycles.